The number of amides is 1. The number of nitrogens with zero attached hydrogens (tertiary/aromatic N) is 1. The Morgan fingerprint density at radius 1 is 1.23 bits per heavy atom. The molecule has 2 aliphatic rings. The topological polar surface area (TPSA) is 53.6 Å². The van der Waals surface area contributed by atoms with Gasteiger partial charge in [0.05, 0.1) is 30.1 Å². The van der Waals surface area contributed by atoms with Crippen LogP contribution < -0.4 is 20.3 Å². The molecule has 2 aromatic carbocycles. The summed E-state index contributed by atoms with van der Waals surface area (Å²) in [5, 5.41) is 6.66. The van der Waals surface area contributed by atoms with Gasteiger partial charge in [0, 0.05) is 25.6 Å². The molecule has 1 fully saturated rings. The zero-order valence-corrected chi connectivity index (χ0v) is 15.1. The molecule has 1 saturated heterocycles. The molecule has 0 saturated carbocycles. The Hall–Kier alpha value is -2.53. The normalized spacial score (nSPS) is 20.4. The second-order valence-electron chi connectivity index (χ2n) is 7.06. The number of anilines is 2. The first-order valence-electron chi connectivity index (χ1n) is 9.32. The van der Waals surface area contributed by atoms with Gasteiger partial charge in [0.1, 0.15) is 5.75 Å². The average molecular weight is 351 g/mol. The minimum Gasteiger partial charge on any atom is -0.490 e. The quantitative estimate of drug-likeness (QED) is 0.889. The first kappa shape index (κ1) is 16.9. The average Bonchev–Trinajstić information content (AvgIpc) is 2.82. The van der Waals surface area contributed by atoms with Crippen LogP contribution in [0.4, 0.5) is 11.4 Å². The van der Waals surface area contributed by atoms with Gasteiger partial charge in [-0.05, 0) is 31.0 Å². The summed E-state index contributed by atoms with van der Waals surface area (Å²) in [6, 6.07) is 16.6. The van der Waals surface area contributed by atoms with Crippen molar-refractivity contribution in [1.29, 1.82) is 0 Å². The van der Waals surface area contributed by atoms with Gasteiger partial charge in [0.2, 0.25) is 5.91 Å². The van der Waals surface area contributed by atoms with Gasteiger partial charge in [-0.3, -0.25) is 4.79 Å². The number of nitrogens with one attached hydrogen (secondary N) is 2. The molecular formula is C21H25N3O2. The maximum absolute atomic E-state index is 12.5. The number of hydrogen-bond donors (Lipinski definition) is 2. The molecule has 4 rings (SSSR count). The van der Waals surface area contributed by atoms with E-state index in [0.717, 1.165) is 43.1 Å². The van der Waals surface area contributed by atoms with Crippen molar-refractivity contribution in [1.82, 2.24) is 5.32 Å². The molecule has 136 valence electrons. The van der Waals surface area contributed by atoms with Crippen LogP contribution in [0.3, 0.4) is 0 Å². The summed E-state index contributed by atoms with van der Waals surface area (Å²) in [7, 11) is 0. The van der Waals surface area contributed by atoms with Crippen molar-refractivity contribution in [2.24, 2.45) is 0 Å². The van der Waals surface area contributed by atoms with E-state index in [0.29, 0.717) is 6.54 Å². The first-order chi connectivity index (χ1) is 12.7. The van der Waals surface area contributed by atoms with Gasteiger partial charge in [-0.25, -0.2) is 0 Å². The van der Waals surface area contributed by atoms with E-state index in [4.69, 9.17) is 4.74 Å². The molecule has 2 atom stereocenters. The van der Waals surface area contributed by atoms with Crippen molar-refractivity contribution < 1.29 is 9.53 Å². The summed E-state index contributed by atoms with van der Waals surface area (Å²) in [6.45, 7) is 4.18. The molecule has 0 radical (unpaired) electrons. The fourth-order valence-corrected chi connectivity index (χ4v) is 3.82. The zero-order valence-electron chi connectivity index (χ0n) is 15.1. The molecular weight excluding hydrogens is 326 g/mol. The van der Waals surface area contributed by atoms with Crippen LogP contribution in [-0.4, -0.2) is 37.7 Å². The lowest BCUT2D eigenvalue weighted by atomic mass is 10.1. The zero-order chi connectivity index (χ0) is 17.9. The molecule has 5 heteroatoms. The van der Waals surface area contributed by atoms with Crippen LogP contribution in [0.5, 0.6) is 5.75 Å². The van der Waals surface area contributed by atoms with Gasteiger partial charge < -0.3 is 20.3 Å². The van der Waals surface area contributed by atoms with Gasteiger partial charge in [-0.1, -0.05) is 30.3 Å². The van der Waals surface area contributed by atoms with E-state index in [1.54, 1.807) is 0 Å². The van der Waals surface area contributed by atoms with E-state index in [1.165, 1.54) is 5.56 Å². The second-order valence-corrected chi connectivity index (χ2v) is 7.06. The van der Waals surface area contributed by atoms with Crippen LogP contribution in [0.25, 0.3) is 0 Å². The molecule has 0 aromatic heterocycles. The Morgan fingerprint density at radius 2 is 2.08 bits per heavy atom. The second kappa shape index (κ2) is 7.38. The van der Waals surface area contributed by atoms with Crippen LogP contribution in [0, 0.1) is 0 Å². The highest BCUT2D eigenvalue weighted by molar-refractivity contribution is 5.99. The van der Waals surface area contributed by atoms with E-state index in [1.807, 2.05) is 41.3 Å². The molecule has 0 bridgehead atoms. The lowest BCUT2D eigenvalue weighted by Gasteiger charge is -2.35. The lowest BCUT2D eigenvalue weighted by Crippen LogP contribution is -2.55. The number of carbonyl (C=O) groups is 1. The van der Waals surface area contributed by atoms with Crippen molar-refractivity contribution >= 4 is 17.3 Å². The van der Waals surface area contributed by atoms with Crippen LogP contribution in [-0.2, 0) is 11.2 Å². The van der Waals surface area contributed by atoms with Crippen LogP contribution in [0.2, 0.25) is 0 Å². The van der Waals surface area contributed by atoms with E-state index in [9.17, 15) is 4.79 Å². The summed E-state index contributed by atoms with van der Waals surface area (Å²) < 4.78 is 6.16. The molecule has 0 aliphatic carbocycles. The standard InChI is InChI=1S/C21H25N3O2/c1-15(11-16-5-3-2-4-6-16)26-18-7-8-19-20(12-18)24-17(9-10-23-19)13-22-14-21(24)25/h2-8,12,15,17,22-23H,9-11,13-14H2,1H3/t15-,17+/m0/s1. The number of piperazine rings is 1. The van der Waals surface area contributed by atoms with Crippen molar-refractivity contribution in [3.8, 4) is 5.75 Å². The van der Waals surface area contributed by atoms with E-state index in [2.05, 4.69) is 29.7 Å². The van der Waals surface area contributed by atoms with Crippen LogP contribution in [0.15, 0.2) is 48.5 Å². The van der Waals surface area contributed by atoms with Crippen molar-refractivity contribution in [2.75, 3.05) is 29.9 Å². The fraction of sp³-hybridized carbons (Fsp3) is 0.381. The highest BCUT2D eigenvalue weighted by atomic mass is 16.5. The highest BCUT2D eigenvalue weighted by Gasteiger charge is 2.32. The van der Waals surface area contributed by atoms with Crippen molar-refractivity contribution in [3.05, 3.63) is 54.1 Å². The van der Waals surface area contributed by atoms with Gasteiger partial charge in [-0.2, -0.15) is 0 Å². The third-order valence-electron chi connectivity index (χ3n) is 5.02. The number of rotatable bonds is 4. The van der Waals surface area contributed by atoms with E-state index in [-0.39, 0.29) is 18.1 Å². The first-order valence-corrected chi connectivity index (χ1v) is 9.32. The van der Waals surface area contributed by atoms with Crippen molar-refractivity contribution in [2.45, 2.75) is 31.9 Å². The maximum atomic E-state index is 12.5. The SMILES string of the molecule is C[C@@H](Cc1ccccc1)Oc1ccc2c(c1)N1C(=O)CNC[C@H]1CCN2. The minimum absolute atomic E-state index is 0.0590. The summed E-state index contributed by atoms with van der Waals surface area (Å²) in [5.41, 5.74) is 3.20. The van der Waals surface area contributed by atoms with Gasteiger partial charge >= 0.3 is 0 Å². The lowest BCUT2D eigenvalue weighted by molar-refractivity contribution is -0.119. The minimum atomic E-state index is 0.0590. The number of carbonyl (C=O) groups excluding carboxylic acids is 1. The van der Waals surface area contributed by atoms with Gasteiger partial charge in [0.15, 0.2) is 0 Å². The monoisotopic (exact) mass is 351 g/mol. The Kier molecular flexibility index (Phi) is 4.80. The van der Waals surface area contributed by atoms with Gasteiger partial charge in [-0.15, -0.1) is 0 Å². The number of fused-ring (bicyclic) bond motifs is 3. The molecule has 2 aromatic rings. The summed E-state index contributed by atoms with van der Waals surface area (Å²) >= 11 is 0. The van der Waals surface area contributed by atoms with Gasteiger partial charge in [0.25, 0.3) is 0 Å². The van der Waals surface area contributed by atoms with Crippen molar-refractivity contribution in [3.63, 3.8) is 0 Å². The Labute approximate surface area is 154 Å². The third-order valence-corrected chi connectivity index (χ3v) is 5.02. The smallest absolute Gasteiger partial charge is 0.241 e. The molecule has 2 heterocycles. The summed E-state index contributed by atoms with van der Waals surface area (Å²) in [5.74, 6) is 0.932. The predicted molar refractivity (Wildman–Crippen MR) is 104 cm³/mol. The Bertz CT molecular complexity index is 778. The fourth-order valence-electron chi connectivity index (χ4n) is 3.82. The molecule has 5 nitrogen and oxygen atoms in total. The molecule has 26 heavy (non-hydrogen) atoms. The molecule has 2 aliphatic heterocycles. The number of hydrogen-bond acceptors (Lipinski definition) is 4. The molecule has 0 unspecified atom stereocenters. The maximum Gasteiger partial charge on any atom is 0.241 e. The number of ether oxygens (including phenoxy) is 1. The third kappa shape index (κ3) is 3.53. The molecule has 0 spiro atoms. The van der Waals surface area contributed by atoms with Crippen LogP contribution >= 0.6 is 0 Å². The largest absolute Gasteiger partial charge is 0.490 e. The predicted octanol–water partition coefficient (Wildman–Crippen LogP) is 2.82. The van der Waals surface area contributed by atoms with E-state index < -0.39 is 0 Å². The van der Waals surface area contributed by atoms with E-state index >= 15 is 0 Å². The number of benzene rings is 2. The highest BCUT2D eigenvalue weighted by Crippen LogP contribution is 2.35. The summed E-state index contributed by atoms with van der Waals surface area (Å²) in [4.78, 5) is 14.5. The Balaban J connectivity index is 1.55. The summed E-state index contributed by atoms with van der Waals surface area (Å²) in [6.07, 6.45) is 1.85. The Morgan fingerprint density at radius 3 is 2.92 bits per heavy atom. The van der Waals surface area contributed by atoms with Crippen LogP contribution in [0.1, 0.15) is 18.9 Å². The molecule has 2 N–H and O–H groups in total. The molecule has 1 amide bonds.